The second kappa shape index (κ2) is 14.6. The Hall–Kier alpha value is -6.66. The van der Waals surface area contributed by atoms with Gasteiger partial charge in [0.05, 0.1) is 28.1 Å². The Kier molecular flexibility index (Phi) is 10.5. The fourth-order valence-corrected chi connectivity index (χ4v) is 3.94. The van der Waals surface area contributed by atoms with Gasteiger partial charge in [-0.15, -0.1) is 5.26 Å². The maximum absolute atomic E-state index is 10.6. The molecule has 4 aromatic rings. The molecule has 0 radical (unpaired) electrons. The number of rotatable bonds is 9. The largest absolute Gasteiger partial charge is 0.478 e. The van der Waals surface area contributed by atoms with Gasteiger partial charge in [-0.1, -0.05) is 36.4 Å². The molecule has 0 aromatic heterocycles. The second-order valence-electron chi connectivity index (χ2n) is 8.50. The van der Waals surface area contributed by atoms with Crippen LogP contribution in [0.2, 0.25) is 0 Å². The van der Waals surface area contributed by atoms with Gasteiger partial charge >= 0.3 is 17.9 Å². The number of carboxylic acid groups (broad SMARTS) is 3. The van der Waals surface area contributed by atoms with E-state index in [-0.39, 0.29) is 22.6 Å². The Labute approximate surface area is 243 Å². The summed E-state index contributed by atoms with van der Waals surface area (Å²) in [6, 6.07) is 24.4. The van der Waals surface area contributed by atoms with Gasteiger partial charge in [0, 0.05) is 5.92 Å². The van der Waals surface area contributed by atoms with Gasteiger partial charge in [0.15, 0.2) is 0 Å². The average molecular weight is 578 g/mol. The number of hydrogen-bond acceptors (Lipinski definition) is 9. The summed E-state index contributed by atoms with van der Waals surface area (Å²) in [4.78, 5) is 59.8. The van der Waals surface area contributed by atoms with Crippen LogP contribution >= 0.6 is 0 Å². The molecule has 0 aliphatic heterocycles. The lowest BCUT2D eigenvalue weighted by Crippen LogP contribution is -2.07. The molecule has 0 heterocycles. The van der Waals surface area contributed by atoms with Crippen LogP contribution in [0.3, 0.4) is 0 Å². The van der Waals surface area contributed by atoms with Crippen molar-refractivity contribution >= 4 is 41.4 Å². The minimum Gasteiger partial charge on any atom is -0.478 e. The highest BCUT2D eigenvalue weighted by Gasteiger charge is 2.17. The normalized spacial score (nSPS) is 10.3. The Morgan fingerprint density at radius 1 is 0.605 bits per heavy atom. The fraction of sp³-hybridized carbons (Fsp3) is 0.0323. The number of ether oxygens (including phenoxy) is 1. The zero-order valence-electron chi connectivity index (χ0n) is 21.9. The van der Waals surface area contributed by atoms with Crippen molar-refractivity contribution in [3.63, 3.8) is 0 Å². The quantitative estimate of drug-likeness (QED) is 0.0993. The van der Waals surface area contributed by atoms with Crippen molar-refractivity contribution in [2.24, 2.45) is 9.98 Å². The van der Waals surface area contributed by atoms with E-state index < -0.39 is 17.9 Å². The predicted molar refractivity (Wildman–Crippen MR) is 149 cm³/mol. The summed E-state index contributed by atoms with van der Waals surface area (Å²) in [6.07, 6.45) is 4.70. The SMILES string of the molecule is N#COc1ccc(C(c2ccc(N=C=O)cc2)c2ccc(N=C=O)cc2)cc1.O=C(O)c1cc(C(=O)O)cc(C(=O)O)c1. The van der Waals surface area contributed by atoms with Crippen molar-refractivity contribution in [1.82, 2.24) is 0 Å². The zero-order chi connectivity index (χ0) is 31.4. The molecule has 0 amide bonds. The number of aromatic carboxylic acids is 3. The van der Waals surface area contributed by atoms with Gasteiger partial charge in [-0.05, 0) is 71.3 Å². The maximum atomic E-state index is 10.6. The predicted octanol–water partition coefficient (Wildman–Crippen LogP) is 5.44. The minimum absolute atomic E-state index is 0.125. The summed E-state index contributed by atoms with van der Waals surface area (Å²) < 4.78 is 4.84. The zero-order valence-corrected chi connectivity index (χ0v) is 21.9. The van der Waals surface area contributed by atoms with Gasteiger partial charge < -0.3 is 20.1 Å². The topological polar surface area (TPSA) is 204 Å². The number of hydrogen-bond donors (Lipinski definition) is 3. The number of benzene rings is 4. The molecule has 12 nitrogen and oxygen atoms in total. The van der Waals surface area contributed by atoms with E-state index in [1.54, 1.807) is 42.7 Å². The van der Waals surface area contributed by atoms with Crippen molar-refractivity contribution in [2.75, 3.05) is 0 Å². The Bertz CT molecular complexity index is 1640. The number of isocyanates is 2. The van der Waals surface area contributed by atoms with E-state index in [4.69, 9.17) is 25.3 Å². The summed E-state index contributed by atoms with van der Waals surface area (Å²) in [7, 11) is 0. The van der Waals surface area contributed by atoms with Crippen molar-refractivity contribution in [2.45, 2.75) is 5.92 Å². The highest BCUT2D eigenvalue weighted by atomic mass is 16.5. The number of carboxylic acids is 3. The van der Waals surface area contributed by atoms with Crippen LogP contribution in [0.15, 0.2) is 101 Å². The lowest BCUT2D eigenvalue weighted by atomic mass is 9.85. The standard InChI is InChI=1S/C22H13N3O3.C9H6O6/c23-13-28-21-11-5-18(6-12-21)22(16-1-7-19(8-2-16)24-14-26)17-3-9-20(10-4-17)25-15-27;10-7(11)4-1-5(8(12)13)3-6(2-4)9(14)15/h1-12,22H;1-3H,(H,10,11)(H,12,13)(H,14,15). The molecule has 0 aliphatic rings. The molecular formula is C31H19N3O9. The van der Waals surface area contributed by atoms with Gasteiger partial charge in [0.2, 0.25) is 12.2 Å². The molecule has 4 rings (SSSR count). The van der Waals surface area contributed by atoms with Gasteiger partial charge in [0.25, 0.3) is 6.26 Å². The number of carbonyl (C=O) groups is 3. The van der Waals surface area contributed by atoms with Gasteiger partial charge in [-0.3, -0.25) is 0 Å². The molecule has 212 valence electrons. The van der Waals surface area contributed by atoms with E-state index >= 15 is 0 Å². The van der Waals surface area contributed by atoms with Crippen molar-refractivity contribution < 1.29 is 44.0 Å². The number of aliphatic imine (C=N–C) groups is 2. The third kappa shape index (κ3) is 8.41. The highest BCUT2D eigenvalue weighted by Crippen LogP contribution is 2.34. The summed E-state index contributed by atoms with van der Waals surface area (Å²) in [5, 5.41) is 34.5. The molecular weight excluding hydrogens is 558 g/mol. The van der Waals surface area contributed by atoms with E-state index in [9.17, 15) is 24.0 Å². The Morgan fingerprint density at radius 2 is 0.930 bits per heavy atom. The van der Waals surface area contributed by atoms with Crippen LogP contribution in [-0.2, 0) is 9.59 Å². The number of carbonyl (C=O) groups excluding carboxylic acids is 2. The molecule has 0 bridgehead atoms. The lowest BCUT2D eigenvalue weighted by molar-refractivity contribution is 0.0696. The van der Waals surface area contributed by atoms with E-state index in [0.717, 1.165) is 34.9 Å². The number of nitriles is 1. The van der Waals surface area contributed by atoms with E-state index in [1.165, 1.54) is 12.2 Å². The fourth-order valence-electron chi connectivity index (χ4n) is 3.94. The minimum atomic E-state index is -1.37. The van der Waals surface area contributed by atoms with Gasteiger partial charge in [0.1, 0.15) is 5.75 Å². The molecule has 0 saturated carbocycles. The first kappa shape index (κ1) is 30.9. The molecule has 12 heteroatoms. The van der Waals surface area contributed by atoms with E-state index in [2.05, 4.69) is 9.98 Å². The third-order valence-electron chi connectivity index (χ3n) is 5.85. The summed E-state index contributed by atoms with van der Waals surface area (Å²) in [5.74, 6) is -3.79. The summed E-state index contributed by atoms with van der Waals surface area (Å²) >= 11 is 0. The van der Waals surface area contributed by atoms with Crippen LogP contribution in [0.1, 0.15) is 53.7 Å². The maximum Gasteiger partial charge on any atom is 0.335 e. The Morgan fingerprint density at radius 3 is 1.21 bits per heavy atom. The molecule has 0 saturated heterocycles. The first-order chi connectivity index (χ1) is 20.7. The first-order valence-electron chi connectivity index (χ1n) is 12.0. The molecule has 0 unspecified atom stereocenters. The molecule has 0 aliphatic carbocycles. The van der Waals surface area contributed by atoms with Crippen molar-refractivity contribution in [3.05, 3.63) is 124 Å². The van der Waals surface area contributed by atoms with Gasteiger partial charge in [-0.2, -0.15) is 9.98 Å². The smallest absolute Gasteiger partial charge is 0.335 e. The van der Waals surface area contributed by atoms with Crippen LogP contribution in [0, 0.1) is 11.5 Å². The first-order valence-corrected chi connectivity index (χ1v) is 12.0. The van der Waals surface area contributed by atoms with Crippen molar-refractivity contribution in [3.8, 4) is 12.0 Å². The molecule has 3 N–H and O–H groups in total. The van der Waals surface area contributed by atoms with Crippen LogP contribution < -0.4 is 4.74 Å². The van der Waals surface area contributed by atoms with Crippen LogP contribution in [0.5, 0.6) is 5.75 Å². The van der Waals surface area contributed by atoms with E-state index in [0.29, 0.717) is 17.1 Å². The molecule has 0 spiro atoms. The lowest BCUT2D eigenvalue weighted by Gasteiger charge is -2.19. The molecule has 43 heavy (non-hydrogen) atoms. The molecule has 0 atom stereocenters. The monoisotopic (exact) mass is 577 g/mol. The Balaban J connectivity index is 0.000000285. The van der Waals surface area contributed by atoms with Crippen LogP contribution in [-0.4, -0.2) is 45.4 Å². The number of nitrogens with zero attached hydrogens (tertiary/aromatic N) is 3. The molecule has 0 fully saturated rings. The second-order valence-corrected chi connectivity index (χ2v) is 8.50. The van der Waals surface area contributed by atoms with Gasteiger partial charge in [-0.25, -0.2) is 24.0 Å². The summed E-state index contributed by atoms with van der Waals surface area (Å²) in [5.41, 5.74) is 2.86. The third-order valence-corrected chi connectivity index (χ3v) is 5.85. The van der Waals surface area contributed by atoms with Crippen molar-refractivity contribution in [1.29, 1.82) is 5.26 Å². The average Bonchev–Trinajstić information content (AvgIpc) is 3.00. The molecule has 4 aromatic carbocycles. The van der Waals surface area contributed by atoms with Crippen LogP contribution in [0.4, 0.5) is 11.4 Å². The highest BCUT2D eigenvalue weighted by molar-refractivity contribution is 5.98. The summed E-state index contributed by atoms with van der Waals surface area (Å²) in [6.45, 7) is 0. The van der Waals surface area contributed by atoms with E-state index in [1.807, 2.05) is 36.4 Å². The van der Waals surface area contributed by atoms with Crippen LogP contribution in [0.25, 0.3) is 0 Å².